The van der Waals surface area contributed by atoms with Gasteiger partial charge in [0.1, 0.15) is 0 Å². The summed E-state index contributed by atoms with van der Waals surface area (Å²) in [6, 6.07) is 13.0. The predicted molar refractivity (Wildman–Crippen MR) is 114 cm³/mol. The van der Waals surface area contributed by atoms with Gasteiger partial charge in [-0.15, -0.1) is 0 Å². The first-order chi connectivity index (χ1) is 14.7. The van der Waals surface area contributed by atoms with Crippen molar-refractivity contribution in [1.82, 2.24) is 9.21 Å². The molecule has 166 valence electrons. The van der Waals surface area contributed by atoms with E-state index < -0.39 is 22.1 Å². The number of hydrogen-bond acceptors (Lipinski definition) is 6. The molecule has 1 aliphatic heterocycles. The van der Waals surface area contributed by atoms with Gasteiger partial charge in [0, 0.05) is 32.7 Å². The zero-order valence-electron chi connectivity index (χ0n) is 17.8. The van der Waals surface area contributed by atoms with Crippen molar-refractivity contribution in [3.8, 4) is 0 Å². The van der Waals surface area contributed by atoms with E-state index in [2.05, 4.69) is 0 Å². The minimum absolute atomic E-state index is 0.0224. The summed E-state index contributed by atoms with van der Waals surface area (Å²) in [5.74, 6) is -1.10. The van der Waals surface area contributed by atoms with Crippen LogP contribution in [-0.2, 0) is 24.3 Å². The lowest BCUT2D eigenvalue weighted by atomic mass is 10.1. The Morgan fingerprint density at radius 3 is 2.32 bits per heavy atom. The first kappa shape index (κ1) is 22.9. The first-order valence-corrected chi connectivity index (χ1v) is 11.3. The Kier molecular flexibility index (Phi) is 7.09. The minimum Gasteiger partial charge on any atom is -0.444 e. The highest BCUT2D eigenvalue weighted by molar-refractivity contribution is 7.89. The average molecular weight is 447 g/mol. The summed E-state index contributed by atoms with van der Waals surface area (Å²) in [6.07, 6.45) is -1.14. The molecule has 1 fully saturated rings. The maximum atomic E-state index is 13.2. The summed E-state index contributed by atoms with van der Waals surface area (Å²) in [7, 11) is -0.895. The van der Waals surface area contributed by atoms with Crippen molar-refractivity contribution in [3.05, 3.63) is 65.2 Å². The van der Waals surface area contributed by atoms with Crippen LogP contribution in [0.4, 0.5) is 0 Å². The lowest BCUT2D eigenvalue weighted by Gasteiger charge is -2.30. The summed E-state index contributed by atoms with van der Waals surface area (Å²) in [6.45, 7) is 3.35. The third kappa shape index (κ3) is 5.12. The van der Waals surface area contributed by atoms with E-state index >= 15 is 0 Å². The van der Waals surface area contributed by atoms with Gasteiger partial charge in [-0.3, -0.25) is 4.79 Å². The number of hydrogen-bond donors (Lipinski definition) is 0. The van der Waals surface area contributed by atoms with Gasteiger partial charge in [0.25, 0.3) is 5.91 Å². The van der Waals surface area contributed by atoms with Gasteiger partial charge < -0.3 is 14.4 Å². The Morgan fingerprint density at radius 2 is 1.71 bits per heavy atom. The van der Waals surface area contributed by atoms with Gasteiger partial charge in [0.15, 0.2) is 0 Å². The van der Waals surface area contributed by atoms with E-state index in [1.165, 1.54) is 26.2 Å². The summed E-state index contributed by atoms with van der Waals surface area (Å²) in [5.41, 5.74) is 1.19. The van der Waals surface area contributed by atoms with Crippen LogP contribution in [-0.4, -0.2) is 69.9 Å². The second kappa shape index (κ2) is 9.59. The van der Waals surface area contributed by atoms with E-state index in [1.807, 2.05) is 0 Å². The van der Waals surface area contributed by atoms with Gasteiger partial charge in [-0.25, -0.2) is 17.5 Å². The summed E-state index contributed by atoms with van der Waals surface area (Å²) < 4.78 is 37.0. The second-order valence-electron chi connectivity index (χ2n) is 7.40. The lowest BCUT2D eigenvalue weighted by Crippen LogP contribution is -2.44. The highest BCUT2D eigenvalue weighted by Gasteiger charge is 2.31. The number of aryl methyl sites for hydroxylation is 1. The van der Waals surface area contributed by atoms with E-state index in [0.717, 1.165) is 4.31 Å². The fourth-order valence-electron chi connectivity index (χ4n) is 3.20. The third-order valence-corrected chi connectivity index (χ3v) is 6.89. The zero-order chi connectivity index (χ0) is 22.6. The first-order valence-electron chi connectivity index (χ1n) is 9.87. The Morgan fingerprint density at radius 1 is 1.06 bits per heavy atom. The molecule has 1 amide bonds. The molecule has 0 saturated carbocycles. The number of nitrogens with zero attached hydrogens (tertiary/aromatic N) is 2. The fourth-order valence-corrected chi connectivity index (χ4v) is 4.13. The molecule has 8 nitrogen and oxygen atoms in total. The number of sulfonamides is 1. The number of ether oxygens (including phenoxy) is 2. The summed E-state index contributed by atoms with van der Waals surface area (Å²) in [4.78, 5) is 27.8. The van der Waals surface area contributed by atoms with E-state index in [-0.39, 0.29) is 16.4 Å². The molecule has 1 saturated heterocycles. The van der Waals surface area contributed by atoms with E-state index in [1.54, 1.807) is 48.2 Å². The Bertz CT molecular complexity index is 1050. The number of esters is 1. The van der Waals surface area contributed by atoms with E-state index in [9.17, 15) is 18.0 Å². The molecule has 0 radical (unpaired) electrons. The van der Waals surface area contributed by atoms with Gasteiger partial charge in [-0.2, -0.15) is 0 Å². The van der Waals surface area contributed by atoms with Gasteiger partial charge in [-0.1, -0.05) is 36.4 Å². The molecule has 0 spiro atoms. The molecule has 1 aliphatic rings. The molecule has 1 heterocycles. The van der Waals surface area contributed by atoms with Crippen molar-refractivity contribution < 1.29 is 27.5 Å². The number of amides is 1. The third-order valence-electron chi connectivity index (χ3n) is 5.08. The average Bonchev–Trinajstić information content (AvgIpc) is 2.78. The number of morpholine rings is 1. The number of carbonyl (C=O) groups excluding carboxylic acids is 2. The molecule has 0 aromatic heterocycles. The van der Waals surface area contributed by atoms with Crippen LogP contribution in [0.25, 0.3) is 0 Å². The second-order valence-corrected chi connectivity index (χ2v) is 9.55. The Labute approximate surface area is 182 Å². The molecule has 31 heavy (non-hydrogen) atoms. The smallest absolute Gasteiger partial charge is 0.339 e. The van der Waals surface area contributed by atoms with E-state index in [4.69, 9.17) is 9.47 Å². The van der Waals surface area contributed by atoms with Crippen molar-refractivity contribution in [2.24, 2.45) is 0 Å². The molecule has 0 N–H and O–H groups in total. The van der Waals surface area contributed by atoms with Gasteiger partial charge in [0.2, 0.25) is 16.1 Å². The van der Waals surface area contributed by atoms with Crippen LogP contribution < -0.4 is 0 Å². The molecule has 1 atom stereocenters. The van der Waals surface area contributed by atoms with Crippen LogP contribution >= 0.6 is 0 Å². The molecular weight excluding hydrogens is 420 g/mol. The molecule has 0 bridgehead atoms. The molecule has 0 aliphatic carbocycles. The van der Waals surface area contributed by atoms with Crippen LogP contribution in [0.2, 0.25) is 0 Å². The van der Waals surface area contributed by atoms with Crippen LogP contribution in [0.3, 0.4) is 0 Å². The van der Waals surface area contributed by atoms with Crippen molar-refractivity contribution >= 4 is 21.9 Å². The zero-order valence-corrected chi connectivity index (χ0v) is 18.6. The maximum absolute atomic E-state index is 13.2. The minimum atomic E-state index is -3.73. The Balaban J connectivity index is 1.93. The molecular formula is C22H26N2O6S. The largest absolute Gasteiger partial charge is 0.444 e. The van der Waals surface area contributed by atoms with Crippen molar-refractivity contribution in [2.45, 2.75) is 17.9 Å². The quantitative estimate of drug-likeness (QED) is 0.630. The molecule has 2 aromatic rings. The predicted octanol–water partition coefficient (Wildman–Crippen LogP) is 2.00. The van der Waals surface area contributed by atoms with Gasteiger partial charge in [-0.05, 0) is 24.6 Å². The highest BCUT2D eigenvalue weighted by atomic mass is 32.2. The number of rotatable bonds is 6. The normalized spacial score (nSPS) is 15.5. The van der Waals surface area contributed by atoms with Crippen LogP contribution in [0.15, 0.2) is 53.4 Å². The number of benzene rings is 2. The lowest BCUT2D eigenvalue weighted by molar-refractivity contribution is -0.145. The maximum Gasteiger partial charge on any atom is 0.339 e. The molecule has 2 aromatic carbocycles. The standard InChI is InChI=1S/C22H26N2O6S/c1-16-9-10-18(31(27,28)23(2)3)15-19(16)22(26)30-20(17-7-5-4-6-8-17)21(25)24-11-13-29-14-12-24/h4-10,15,20H,11-14H2,1-3H3. The van der Waals surface area contributed by atoms with Gasteiger partial charge >= 0.3 is 5.97 Å². The number of carbonyl (C=O) groups is 2. The molecule has 3 rings (SSSR count). The summed E-state index contributed by atoms with van der Waals surface area (Å²) >= 11 is 0. The Hall–Kier alpha value is -2.75. The van der Waals surface area contributed by atoms with Gasteiger partial charge in [0.05, 0.1) is 23.7 Å². The SMILES string of the molecule is Cc1ccc(S(=O)(=O)N(C)C)cc1C(=O)OC(C(=O)N1CCOCC1)c1ccccc1. The van der Waals surface area contributed by atoms with Crippen LogP contribution in [0, 0.1) is 6.92 Å². The van der Waals surface area contributed by atoms with E-state index in [0.29, 0.717) is 37.4 Å². The van der Waals surface area contributed by atoms with Crippen molar-refractivity contribution in [3.63, 3.8) is 0 Å². The van der Waals surface area contributed by atoms with Crippen LogP contribution in [0.5, 0.6) is 0 Å². The topological polar surface area (TPSA) is 93.2 Å². The molecule has 9 heteroatoms. The fraction of sp³-hybridized carbons (Fsp3) is 0.364. The monoisotopic (exact) mass is 446 g/mol. The van der Waals surface area contributed by atoms with Crippen LogP contribution in [0.1, 0.15) is 27.6 Å². The highest BCUT2D eigenvalue weighted by Crippen LogP contribution is 2.25. The summed E-state index contributed by atoms with van der Waals surface area (Å²) in [5, 5.41) is 0. The van der Waals surface area contributed by atoms with Crippen molar-refractivity contribution in [2.75, 3.05) is 40.4 Å². The molecule has 1 unspecified atom stereocenters. The van der Waals surface area contributed by atoms with Crippen molar-refractivity contribution in [1.29, 1.82) is 0 Å².